The van der Waals surface area contributed by atoms with E-state index in [1.165, 1.54) is 38.5 Å². The van der Waals surface area contributed by atoms with Crippen molar-refractivity contribution >= 4 is 0 Å². The second-order valence-electron chi connectivity index (χ2n) is 6.91. The van der Waals surface area contributed by atoms with E-state index in [0.717, 1.165) is 12.5 Å². The molecule has 0 aromatic rings. The highest BCUT2D eigenvalue weighted by Gasteiger charge is 2.67. The highest BCUT2D eigenvalue weighted by atomic mass is 16.6. The summed E-state index contributed by atoms with van der Waals surface area (Å²) >= 11 is 0. The second kappa shape index (κ2) is 3.96. The lowest BCUT2D eigenvalue weighted by Crippen LogP contribution is -2.39. The monoisotopic (exact) mass is 238 g/mol. The summed E-state index contributed by atoms with van der Waals surface area (Å²) in [4.78, 5) is 0. The van der Waals surface area contributed by atoms with Crippen molar-refractivity contribution in [3.63, 3.8) is 0 Å². The highest BCUT2D eigenvalue weighted by Crippen LogP contribution is 2.58. The Labute approximate surface area is 105 Å². The zero-order chi connectivity index (χ0) is 12.1. The summed E-state index contributed by atoms with van der Waals surface area (Å²) in [5.74, 6) is 1.46. The third kappa shape index (κ3) is 2.04. The predicted octanol–water partition coefficient (Wildman–Crippen LogP) is 3.54. The topological polar surface area (TPSA) is 25.1 Å². The Balaban J connectivity index is 1.61. The minimum atomic E-state index is 0.145. The molecule has 1 aliphatic carbocycles. The van der Waals surface area contributed by atoms with Gasteiger partial charge in [-0.2, -0.15) is 0 Å². The maximum absolute atomic E-state index is 6.09. The maximum Gasteiger partial charge on any atom is 0.0976 e. The van der Waals surface area contributed by atoms with E-state index in [4.69, 9.17) is 9.47 Å². The van der Waals surface area contributed by atoms with Crippen LogP contribution in [0.15, 0.2) is 0 Å². The van der Waals surface area contributed by atoms with Crippen molar-refractivity contribution in [1.82, 2.24) is 0 Å². The smallest absolute Gasteiger partial charge is 0.0976 e. The van der Waals surface area contributed by atoms with E-state index in [1.54, 1.807) is 0 Å². The number of ether oxygens (including phenoxy) is 2. The molecule has 2 heterocycles. The molecule has 2 aliphatic heterocycles. The lowest BCUT2D eigenvalue weighted by atomic mass is 9.71. The third-order valence-corrected chi connectivity index (χ3v) is 5.17. The van der Waals surface area contributed by atoms with Crippen LogP contribution in [0.25, 0.3) is 0 Å². The molecule has 1 saturated carbocycles. The Morgan fingerprint density at radius 3 is 2.71 bits per heavy atom. The van der Waals surface area contributed by atoms with Crippen LogP contribution in [0.3, 0.4) is 0 Å². The summed E-state index contributed by atoms with van der Waals surface area (Å²) in [7, 11) is 0. The van der Waals surface area contributed by atoms with Crippen LogP contribution < -0.4 is 0 Å². The fourth-order valence-electron chi connectivity index (χ4n) is 3.87. The first-order chi connectivity index (χ1) is 8.07. The summed E-state index contributed by atoms with van der Waals surface area (Å²) in [6.45, 7) is 7.92. The normalized spacial score (nSPS) is 48.7. The Morgan fingerprint density at radius 1 is 1.29 bits per heavy atom. The van der Waals surface area contributed by atoms with Gasteiger partial charge in [-0.05, 0) is 38.5 Å². The molecule has 3 aliphatic rings. The molecular weight excluding hydrogens is 212 g/mol. The molecule has 3 fully saturated rings. The molecule has 98 valence electrons. The maximum atomic E-state index is 6.09. The van der Waals surface area contributed by atoms with Crippen LogP contribution in [-0.2, 0) is 9.47 Å². The molecule has 2 nitrogen and oxygen atoms in total. The van der Waals surface area contributed by atoms with Crippen molar-refractivity contribution in [1.29, 1.82) is 0 Å². The van der Waals surface area contributed by atoms with Gasteiger partial charge in [-0.1, -0.05) is 26.7 Å². The Kier molecular flexibility index (Phi) is 2.79. The standard InChI is InChI=1S/C15H26O2/c1-11(2)7-8-13-14(3,17-13)12-6-4-5-9-15(12)10-16-15/h11-13H,4-10H2,1-3H3/t12?,13?,14?,15-/m0/s1. The van der Waals surface area contributed by atoms with Gasteiger partial charge in [-0.15, -0.1) is 0 Å². The van der Waals surface area contributed by atoms with Crippen molar-refractivity contribution < 1.29 is 9.47 Å². The molecule has 0 bridgehead atoms. The summed E-state index contributed by atoms with van der Waals surface area (Å²) in [5, 5.41) is 0. The number of hydrogen-bond acceptors (Lipinski definition) is 2. The van der Waals surface area contributed by atoms with Gasteiger partial charge in [0.05, 0.1) is 23.9 Å². The molecule has 3 unspecified atom stereocenters. The average molecular weight is 238 g/mol. The molecule has 4 atom stereocenters. The molecule has 2 heteroatoms. The third-order valence-electron chi connectivity index (χ3n) is 5.17. The molecule has 17 heavy (non-hydrogen) atoms. The van der Waals surface area contributed by atoms with Crippen LogP contribution in [-0.4, -0.2) is 23.9 Å². The van der Waals surface area contributed by atoms with Crippen molar-refractivity contribution in [2.24, 2.45) is 11.8 Å². The van der Waals surface area contributed by atoms with Crippen molar-refractivity contribution in [2.75, 3.05) is 6.61 Å². The Morgan fingerprint density at radius 2 is 2.06 bits per heavy atom. The SMILES string of the molecule is CC(C)CCC1OC1(C)C1CCCC[C@]12CO2. The zero-order valence-corrected chi connectivity index (χ0v) is 11.5. The summed E-state index contributed by atoms with van der Waals surface area (Å²) in [6.07, 6.45) is 8.34. The van der Waals surface area contributed by atoms with Gasteiger partial charge < -0.3 is 9.47 Å². The Bertz CT molecular complexity index is 295. The molecular formula is C15H26O2. The predicted molar refractivity (Wildman–Crippen MR) is 68.0 cm³/mol. The molecule has 0 aromatic carbocycles. The van der Waals surface area contributed by atoms with Gasteiger partial charge in [0, 0.05) is 5.92 Å². The van der Waals surface area contributed by atoms with E-state index in [2.05, 4.69) is 20.8 Å². The van der Waals surface area contributed by atoms with Gasteiger partial charge in [0.15, 0.2) is 0 Å². The van der Waals surface area contributed by atoms with E-state index in [9.17, 15) is 0 Å². The van der Waals surface area contributed by atoms with Crippen molar-refractivity contribution in [2.45, 2.75) is 76.6 Å². The van der Waals surface area contributed by atoms with Crippen molar-refractivity contribution in [3.05, 3.63) is 0 Å². The summed E-state index contributed by atoms with van der Waals surface area (Å²) in [6, 6.07) is 0. The molecule has 0 N–H and O–H groups in total. The van der Waals surface area contributed by atoms with Crippen LogP contribution in [0.5, 0.6) is 0 Å². The van der Waals surface area contributed by atoms with Crippen LogP contribution >= 0.6 is 0 Å². The van der Waals surface area contributed by atoms with Crippen molar-refractivity contribution in [3.8, 4) is 0 Å². The van der Waals surface area contributed by atoms with Gasteiger partial charge in [0.1, 0.15) is 0 Å². The average Bonchev–Trinajstić information content (AvgIpc) is 3.17. The van der Waals surface area contributed by atoms with Gasteiger partial charge in [-0.25, -0.2) is 0 Å². The van der Waals surface area contributed by atoms with Crippen LogP contribution in [0.4, 0.5) is 0 Å². The molecule has 3 rings (SSSR count). The van der Waals surface area contributed by atoms with Crippen LogP contribution in [0.1, 0.15) is 59.3 Å². The summed E-state index contributed by atoms with van der Waals surface area (Å²) < 4.78 is 11.9. The molecule has 0 radical (unpaired) electrons. The fourth-order valence-corrected chi connectivity index (χ4v) is 3.87. The molecule has 0 aromatic heterocycles. The van der Waals surface area contributed by atoms with Gasteiger partial charge >= 0.3 is 0 Å². The van der Waals surface area contributed by atoms with E-state index >= 15 is 0 Å². The lowest BCUT2D eigenvalue weighted by Gasteiger charge is -2.32. The largest absolute Gasteiger partial charge is 0.369 e. The first-order valence-electron chi connectivity index (χ1n) is 7.39. The number of epoxide rings is 2. The fraction of sp³-hybridized carbons (Fsp3) is 1.00. The number of hydrogen-bond donors (Lipinski definition) is 0. The molecule has 1 spiro atoms. The number of rotatable bonds is 4. The van der Waals surface area contributed by atoms with E-state index in [-0.39, 0.29) is 11.2 Å². The van der Waals surface area contributed by atoms with Crippen LogP contribution in [0.2, 0.25) is 0 Å². The van der Waals surface area contributed by atoms with Gasteiger partial charge in [0.25, 0.3) is 0 Å². The lowest BCUT2D eigenvalue weighted by molar-refractivity contribution is 0.0886. The van der Waals surface area contributed by atoms with E-state index in [0.29, 0.717) is 12.0 Å². The Hall–Kier alpha value is -0.0800. The minimum Gasteiger partial charge on any atom is -0.369 e. The first-order valence-corrected chi connectivity index (χ1v) is 7.39. The highest BCUT2D eigenvalue weighted by molar-refractivity contribution is 5.15. The molecule has 2 saturated heterocycles. The quantitative estimate of drug-likeness (QED) is 0.700. The first kappa shape index (κ1) is 12.0. The van der Waals surface area contributed by atoms with E-state index in [1.807, 2.05) is 0 Å². The van der Waals surface area contributed by atoms with Gasteiger partial charge in [-0.3, -0.25) is 0 Å². The minimum absolute atomic E-state index is 0.145. The van der Waals surface area contributed by atoms with Crippen LogP contribution in [0, 0.1) is 11.8 Å². The van der Waals surface area contributed by atoms with Gasteiger partial charge in [0.2, 0.25) is 0 Å². The molecule has 0 amide bonds. The second-order valence-corrected chi connectivity index (χ2v) is 6.91. The zero-order valence-electron chi connectivity index (χ0n) is 11.5. The summed E-state index contributed by atoms with van der Waals surface area (Å²) in [5.41, 5.74) is 0.380. The van der Waals surface area contributed by atoms with E-state index < -0.39 is 0 Å².